The van der Waals surface area contributed by atoms with E-state index in [0.29, 0.717) is 5.56 Å². The van der Waals surface area contributed by atoms with Crippen LogP contribution in [0.15, 0.2) is 36.9 Å². The van der Waals surface area contributed by atoms with Crippen LogP contribution in [0.5, 0.6) is 0 Å². The van der Waals surface area contributed by atoms with Crippen LogP contribution in [-0.4, -0.2) is 5.78 Å². The first-order chi connectivity index (χ1) is 5.74. The normalized spacial score (nSPS) is 9.42. The van der Waals surface area contributed by atoms with E-state index in [-0.39, 0.29) is 18.0 Å². The summed E-state index contributed by atoms with van der Waals surface area (Å²) < 4.78 is 12.6. The maximum absolute atomic E-state index is 12.6. The van der Waals surface area contributed by atoms with Gasteiger partial charge in [0.15, 0.2) is 5.78 Å². The summed E-state index contributed by atoms with van der Waals surface area (Å²) in [5, 5.41) is 0. The Kier molecular flexibility index (Phi) is 2.75. The molecule has 0 saturated heterocycles. The molecule has 0 saturated carbocycles. The number of carbonyl (C=O) groups is 1. The summed E-state index contributed by atoms with van der Waals surface area (Å²) in [5.41, 5.74) is 0.398. The fourth-order valence-electron chi connectivity index (χ4n) is 0.911. The summed E-state index contributed by atoms with van der Waals surface area (Å²) in [7, 11) is 0. The predicted octanol–water partition coefficient (Wildman–Crippen LogP) is 2.58. The molecule has 0 amide bonds. The Morgan fingerprint density at radius 3 is 2.92 bits per heavy atom. The minimum Gasteiger partial charge on any atom is -0.294 e. The van der Waals surface area contributed by atoms with E-state index in [0.717, 1.165) is 0 Å². The molecule has 0 aliphatic rings. The van der Waals surface area contributed by atoms with E-state index in [1.54, 1.807) is 6.07 Å². The zero-order valence-corrected chi connectivity index (χ0v) is 6.59. The predicted molar refractivity (Wildman–Crippen MR) is 45.5 cm³/mol. The highest BCUT2D eigenvalue weighted by Crippen LogP contribution is 2.06. The lowest BCUT2D eigenvalue weighted by atomic mass is 10.1. The second-order valence-corrected chi connectivity index (χ2v) is 2.43. The van der Waals surface area contributed by atoms with Gasteiger partial charge in [-0.1, -0.05) is 18.2 Å². The largest absolute Gasteiger partial charge is 0.294 e. The van der Waals surface area contributed by atoms with Gasteiger partial charge >= 0.3 is 0 Å². The highest BCUT2D eigenvalue weighted by molar-refractivity contribution is 5.96. The van der Waals surface area contributed by atoms with Crippen molar-refractivity contribution in [3.8, 4) is 0 Å². The minimum absolute atomic E-state index is 0.107. The average molecular weight is 164 g/mol. The summed E-state index contributed by atoms with van der Waals surface area (Å²) in [5.74, 6) is -0.491. The number of halogens is 1. The van der Waals surface area contributed by atoms with Crippen LogP contribution in [0.25, 0.3) is 0 Å². The van der Waals surface area contributed by atoms with E-state index in [1.165, 1.54) is 24.3 Å². The molecule has 0 fully saturated rings. The molecule has 0 spiro atoms. The molecule has 12 heavy (non-hydrogen) atoms. The van der Waals surface area contributed by atoms with Crippen LogP contribution < -0.4 is 0 Å². The summed E-state index contributed by atoms with van der Waals surface area (Å²) in [6.45, 7) is 3.43. The van der Waals surface area contributed by atoms with Crippen molar-refractivity contribution in [3.63, 3.8) is 0 Å². The Labute approximate surface area is 70.5 Å². The van der Waals surface area contributed by atoms with Crippen LogP contribution in [0.1, 0.15) is 16.8 Å². The molecule has 0 bridgehead atoms. The van der Waals surface area contributed by atoms with Gasteiger partial charge in [-0.25, -0.2) is 4.39 Å². The summed E-state index contributed by atoms with van der Waals surface area (Å²) in [6, 6.07) is 5.65. The number of allylic oxidation sites excluding steroid dienone is 1. The number of rotatable bonds is 3. The van der Waals surface area contributed by atoms with Gasteiger partial charge in [0.1, 0.15) is 5.82 Å². The summed E-state index contributed by atoms with van der Waals surface area (Å²) in [4.78, 5) is 11.2. The molecule has 2 heteroatoms. The third kappa shape index (κ3) is 2.02. The van der Waals surface area contributed by atoms with Crippen LogP contribution >= 0.6 is 0 Å². The van der Waals surface area contributed by atoms with Gasteiger partial charge in [-0.05, 0) is 12.1 Å². The van der Waals surface area contributed by atoms with E-state index < -0.39 is 0 Å². The first kappa shape index (κ1) is 8.65. The Hall–Kier alpha value is -1.44. The van der Waals surface area contributed by atoms with E-state index in [4.69, 9.17) is 0 Å². The molecular weight excluding hydrogens is 155 g/mol. The molecule has 0 aromatic heterocycles. The molecule has 0 unspecified atom stereocenters. The SMILES string of the molecule is C=CCC(=O)c1cccc(F)c1. The van der Waals surface area contributed by atoms with Crippen molar-refractivity contribution in [3.05, 3.63) is 48.3 Å². The number of Topliss-reactive ketones (excluding diaryl/α,β-unsaturated/α-hetero) is 1. The van der Waals surface area contributed by atoms with Crippen LogP contribution in [0.3, 0.4) is 0 Å². The topological polar surface area (TPSA) is 17.1 Å². The van der Waals surface area contributed by atoms with Crippen molar-refractivity contribution in [1.29, 1.82) is 0 Å². The van der Waals surface area contributed by atoms with Gasteiger partial charge in [0.05, 0.1) is 0 Å². The molecule has 62 valence electrons. The van der Waals surface area contributed by atoms with E-state index in [2.05, 4.69) is 6.58 Å². The molecule has 1 rings (SSSR count). The summed E-state index contributed by atoms with van der Waals surface area (Å²) >= 11 is 0. The lowest BCUT2D eigenvalue weighted by molar-refractivity contribution is 0.0995. The van der Waals surface area contributed by atoms with E-state index >= 15 is 0 Å². The van der Waals surface area contributed by atoms with Crippen LogP contribution in [0.2, 0.25) is 0 Å². The standard InChI is InChI=1S/C10H9FO/c1-2-4-10(12)8-5-3-6-9(11)7-8/h2-3,5-7H,1,4H2. The van der Waals surface area contributed by atoms with E-state index in [9.17, 15) is 9.18 Å². The van der Waals surface area contributed by atoms with Crippen molar-refractivity contribution in [1.82, 2.24) is 0 Å². The molecule has 0 radical (unpaired) electrons. The van der Waals surface area contributed by atoms with Crippen molar-refractivity contribution >= 4 is 5.78 Å². The van der Waals surface area contributed by atoms with Gasteiger partial charge in [-0.15, -0.1) is 6.58 Å². The van der Waals surface area contributed by atoms with Crippen LogP contribution in [0.4, 0.5) is 4.39 Å². The first-order valence-electron chi connectivity index (χ1n) is 3.63. The highest BCUT2D eigenvalue weighted by Gasteiger charge is 2.03. The van der Waals surface area contributed by atoms with Crippen molar-refractivity contribution in [2.45, 2.75) is 6.42 Å². The van der Waals surface area contributed by atoms with Gasteiger partial charge < -0.3 is 0 Å². The maximum Gasteiger partial charge on any atom is 0.166 e. The van der Waals surface area contributed by atoms with Crippen molar-refractivity contribution in [2.75, 3.05) is 0 Å². The van der Waals surface area contributed by atoms with Gasteiger partial charge in [0.2, 0.25) is 0 Å². The zero-order valence-electron chi connectivity index (χ0n) is 6.59. The second-order valence-electron chi connectivity index (χ2n) is 2.43. The molecule has 1 aromatic carbocycles. The number of hydrogen-bond acceptors (Lipinski definition) is 1. The molecule has 0 heterocycles. The van der Waals surface area contributed by atoms with Gasteiger partial charge in [0, 0.05) is 12.0 Å². The smallest absolute Gasteiger partial charge is 0.166 e. The number of ketones is 1. The van der Waals surface area contributed by atoms with Crippen LogP contribution in [0, 0.1) is 5.82 Å². The quantitative estimate of drug-likeness (QED) is 0.495. The highest BCUT2D eigenvalue weighted by atomic mass is 19.1. The Balaban J connectivity index is 2.87. The van der Waals surface area contributed by atoms with Crippen molar-refractivity contribution in [2.24, 2.45) is 0 Å². The minimum atomic E-state index is -0.384. The molecule has 1 nitrogen and oxygen atoms in total. The third-order valence-corrected chi connectivity index (χ3v) is 1.48. The third-order valence-electron chi connectivity index (χ3n) is 1.48. The molecule has 0 N–H and O–H groups in total. The number of carbonyl (C=O) groups excluding carboxylic acids is 1. The molecule has 0 aliphatic carbocycles. The zero-order chi connectivity index (χ0) is 8.97. The second kappa shape index (κ2) is 3.81. The first-order valence-corrected chi connectivity index (χ1v) is 3.63. The van der Waals surface area contributed by atoms with Gasteiger partial charge in [-0.2, -0.15) is 0 Å². The Bertz CT molecular complexity index is 304. The Morgan fingerprint density at radius 2 is 2.33 bits per heavy atom. The van der Waals surface area contributed by atoms with E-state index in [1.807, 2.05) is 0 Å². The molecular formula is C10H9FO. The average Bonchev–Trinajstić information content (AvgIpc) is 2.05. The monoisotopic (exact) mass is 164 g/mol. The van der Waals surface area contributed by atoms with Gasteiger partial charge in [-0.3, -0.25) is 4.79 Å². The number of hydrogen-bond donors (Lipinski definition) is 0. The van der Waals surface area contributed by atoms with Gasteiger partial charge in [0.25, 0.3) is 0 Å². The van der Waals surface area contributed by atoms with Crippen LogP contribution in [-0.2, 0) is 0 Å². The molecule has 0 atom stereocenters. The fraction of sp³-hybridized carbons (Fsp3) is 0.100. The molecule has 1 aromatic rings. The number of benzene rings is 1. The molecule has 0 aliphatic heterocycles. The lowest BCUT2D eigenvalue weighted by Crippen LogP contribution is -1.96. The van der Waals surface area contributed by atoms with Crippen molar-refractivity contribution < 1.29 is 9.18 Å². The fourth-order valence-corrected chi connectivity index (χ4v) is 0.911. The maximum atomic E-state index is 12.6. The Morgan fingerprint density at radius 1 is 1.58 bits per heavy atom. The lowest BCUT2D eigenvalue weighted by Gasteiger charge is -1.96. The summed E-state index contributed by atoms with van der Waals surface area (Å²) in [6.07, 6.45) is 1.76.